The normalized spacial score (nSPS) is 10.4. The first kappa shape index (κ1) is 11.1. The monoisotopic (exact) mass is 280 g/mol. The van der Waals surface area contributed by atoms with E-state index in [1.807, 2.05) is 6.07 Å². The van der Waals surface area contributed by atoms with Gasteiger partial charge < -0.3 is 5.73 Å². The molecule has 0 atom stereocenters. The Balaban J connectivity index is 2.59. The van der Waals surface area contributed by atoms with Crippen molar-refractivity contribution in [1.29, 1.82) is 0 Å². The van der Waals surface area contributed by atoms with E-state index in [9.17, 15) is 4.39 Å². The van der Waals surface area contributed by atoms with Crippen LogP contribution in [0.4, 0.5) is 10.2 Å². The third-order valence-corrected chi connectivity index (χ3v) is 2.94. The molecule has 0 bridgehead atoms. The maximum atomic E-state index is 13.6. The summed E-state index contributed by atoms with van der Waals surface area (Å²) in [6.45, 7) is 0. The summed E-state index contributed by atoms with van der Waals surface area (Å²) in [4.78, 5) is 4.05. The number of alkyl halides is 1. The molecule has 0 aliphatic carbocycles. The highest BCUT2D eigenvalue weighted by Gasteiger charge is 2.09. The number of hydrogen-bond donors (Lipinski definition) is 1. The van der Waals surface area contributed by atoms with E-state index in [-0.39, 0.29) is 5.82 Å². The minimum absolute atomic E-state index is 0.289. The molecule has 82 valence electrons. The lowest BCUT2D eigenvalue weighted by Crippen LogP contribution is -1.97. The SMILES string of the molecule is Nc1ncc(CBr)cc1-c1ccccc1F. The van der Waals surface area contributed by atoms with Gasteiger partial charge in [-0.25, -0.2) is 9.37 Å². The van der Waals surface area contributed by atoms with E-state index in [4.69, 9.17) is 5.73 Å². The number of halogens is 2. The summed E-state index contributed by atoms with van der Waals surface area (Å²) < 4.78 is 13.6. The van der Waals surface area contributed by atoms with Gasteiger partial charge in [0, 0.05) is 22.7 Å². The van der Waals surface area contributed by atoms with Crippen molar-refractivity contribution in [3.05, 3.63) is 47.9 Å². The molecule has 2 rings (SSSR count). The number of aromatic nitrogens is 1. The summed E-state index contributed by atoms with van der Waals surface area (Å²) in [6.07, 6.45) is 1.68. The van der Waals surface area contributed by atoms with Gasteiger partial charge in [0.05, 0.1) is 0 Å². The second kappa shape index (κ2) is 4.61. The highest BCUT2D eigenvalue weighted by Crippen LogP contribution is 2.27. The zero-order valence-electron chi connectivity index (χ0n) is 8.45. The second-order valence-electron chi connectivity index (χ2n) is 3.39. The van der Waals surface area contributed by atoms with Gasteiger partial charge in [0.25, 0.3) is 0 Å². The molecular formula is C12H10BrFN2. The maximum Gasteiger partial charge on any atom is 0.131 e. The summed E-state index contributed by atoms with van der Waals surface area (Å²) >= 11 is 3.33. The Hall–Kier alpha value is -1.42. The van der Waals surface area contributed by atoms with Gasteiger partial charge in [-0.15, -0.1) is 0 Å². The maximum absolute atomic E-state index is 13.6. The zero-order chi connectivity index (χ0) is 11.5. The van der Waals surface area contributed by atoms with Gasteiger partial charge in [-0.2, -0.15) is 0 Å². The minimum atomic E-state index is -0.289. The van der Waals surface area contributed by atoms with Crippen molar-refractivity contribution < 1.29 is 4.39 Å². The molecule has 0 fully saturated rings. The van der Waals surface area contributed by atoms with Crippen LogP contribution in [0.25, 0.3) is 11.1 Å². The molecule has 0 radical (unpaired) electrons. The average molecular weight is 281 g/mol. The molecule has 4 heteroatoms. The van der Waals surface area contributed by atoms with Crippen LogP contribution >= 0.6 is 15.9 Å². The molecule has 2 nitrogen and oxygen atoms in total. The number of pyridine rings is 1. The van der Waals surface area contributed by atoms with Gasteiger partial charge in [-0.3, -0.25) is 0 Å². The molecule has 1 aromatic heterocycles. The Labute approximate surface area is 101 Å². The molecule has 1 aromatic carbocycles. The highest BCUT2D eigenvalue weighted by atomic mass is 79.9. The molecule has 2 aromatic rings. The zero-order valence-corrected chi connectivity index (χ0v) is 10.0. The predicted molar refractivity (Wildman–Crippen MR) is 66.7 cm³/mol. The largest absolute Gasteiger partial charge is 0.383 e. The molecule has 16 heavy (non-hydrogen) atoms. The first-order valence-electron chi connectivity index (χ1n) is 4.77. The average Bonchev–Trinajstić information content (AvgIpc) is 2.31. The Morgan fingerprint density at radius 2 is 2.00 bits per heavy atom. The summed E-state index contributed by atoms with van der Waals surface area (Å²) in [7, 11) is 0. The second-order valence-corrected chi connectivity index (χ2v) is 3.95. The molecule has 0 spiro atoms. The number of benzene rings is 1. The molecule has 0 aliphatic rings. The van der Waals surface area contributed by atoms with Gasteiger partial charge in [0.1, 0.15) is 11.6 Å². The van der Waals surface area contributed by atoms with Gasteiger partial charge in [0.15, 0.2) is 0 Å². The fraction of sp³-hybridized carbons (Fsp3) is 0.0833. The van der Waals surface area contributed by atoms with Crippen molar-refractivity contribution in [1.82, 2.24) is 4.98 Å². The van der Waals surface area contributed by atoms with Crippen LogP contribution in [0.2, 0.25) is 0 Å². The first-order valence-corrected chi connectivity index (χ1v) is 5.90. The molecular weight excluding hydrogens is 271 g/mol. The summed E-state index contributed by atoms with van der Waals surface area (Å²) in [5.41, 5.74) is 7.83. The van der Waals surface area contributed by atoms with Crippen LogP contribution in [0, 0.1) is 5.82 Å². The lowest BCUT2D eigenvalue weighted by atomic mass is 10.0. The van der Waals surface area contributed by atoms with Crippen LogP contribution in [0.5, 0.6) is 0 Å². The topological polar surface area (TPSA) is 38.9 Å². The third-order valence-electron chi connectivity index (χ3n) is 2.29. The van der Waals surface area contributed by atoms with Crippen LogP contribution in [0.1, 0.15) is 5.56 Å². The Morgan fingerprint density at radius 1 is 1.25 bits per heavy atom. The molecule has 0 amide bonds. The molecule has 0 saturated heterocycles. The lowest BCUT2D eigenvalue weighted by Gasteiger charge is -2.07. The van der Waals surface area contributed by atoms with Crippen molar-refractivity contribution in [3.8, 4) is 11.1 Å². The highest BCUT2D eigenvalue weighted by molar-refractivity contribution is 9.08. The van der Waals surface area contributed by atoms with Crippen molar-refractivity contribution >= 4 is 21.7 Å². The van der Waals surface area contributed by atoms with Crippen LogP contribution in [-0.4, -0.2) is 4.98 Å². The van der Waals surface area contributed by atoms with E-state index in [1.54, 1.807) is 24.4 Å². The number of nitrogen functional groups attached to an aromatic ring is 1. The Bertz CT molecular complexity index is 514. The van der Waals surface area contributed by atoms with Gasteiger partial charge in [-0.1, -0.05) is 34.1 Å². The molecule has 0 saturated carbocycles. The van der Waals surface area contributed by atoms with E-state index >= 15 is 0 Å². The summed E-state index contributed by atoms with van der Waals surface area (Å²) in [5.74, 6) is 0.0533. The van der Waals surface area contributed by atoms with E-state index in [0.29, 0.717) is 22.3 Å². The lowest BCUT2D eigenvalue weighted by molar-refractivity contribution is 0.631. The summed E-state index contributed by atoms with van der Waals surface area (Å²) in [6, 6.07) is 8.38. The van der Waals surface area contributed by atoms with Crippen molar-refractivity contribution in [2.24, 2.45) is 0 Å². The Morgan fingerprint density at radius 3 is 2.69 bits per heavy atom. The van der Waals surface area contributed by atoms with Crippen molar-refractivity contribution in [2.75, 3.05) is 5.73 Å². The standard InChI is InChI=1S/C12H10BrFN2/c13-6-8-5-10(12(15)16-7-8)9-3-1-2-4-11(9)14/h1-5,7H,6H2,(H2,15,16). The summed E-state index contributed by atoms with van der Waals surface area (Å²) in [5, 5.41) is 0.668. The smallest absolute Gasteiger partial charge is 0.131 e. The molecule has 0 unspecified atom stereocenters. The van der Waals surface area contributed by atoms with Crippen LogP contribution < -0.4 is 5.73 Å². The number of hydrogen-bond acceptors (Lipinski definition) is 2. The van der Waals surface area contributed by atoms with Crippen molar-refractivity contribution in [2.45, 2.75) is 5.33 Å². The molecule has 0 aliphatic heterocycles. The quantitative estimate of drug-likeness (QED) is 0.857. The molecule has 2 N–H and O–H groups in total. The fourth-order valence-electron chi connectivity index (χ4n) is 1.49. The Kier molecular flexibility index (Phi) is 3.19. The minimum Gasteiger partial charge on any atom is -0.383 e. The van der Waals surface area contributed by atoms with E-state index in [1.165, 1.54) is 6.07 Å². The van der Waals surface area contributed by atoms with Gasteiger partial charge in [-0.05, 0) is 17.7 Å². The van der Waals surface area contributed by atoms with Crippen molar-refractivity contribution in [3.63, 3.8) is 0 Å². The first-order chi connectivity index (χ1) is 7.72. The number of rotatable bonds is 2. The number of nitrogens with zero attached hydrogens (tertiary/aromatic N) is 1. The van der Waals surface area contributed by atoms with Gasteiger partial charge in [0.2, 0.25) is 0 Å². The predicted octanol–water partition coefficient (Wildman–Crippen LogP) is 3.36. The van der Waals surface area contributed by atoms with E-state index in [2.05, 4.69) is 20.9 Å². The number of anilines is 1. The van der Waals surface area contributed by atoms with E-state index < -0.39 is 0 Å². The number of nitrogens with two attached hydrogens (primary N) is 1. The molecule has 1 heterocycles. The van der Waals surface area contributed by atoms with E-state index in [0.717, 1.165) is 5.56 Å². The van der Waals surface area contributed by atoms with Crippen LogP contribution in [0.3, 0.4) is 0 Å². The van der Waals surface area contributed by atoms with Crippen LogP contribution in [0.15, 0.2) is 36.5 Å². The van der Waals surface area contributed by atoms with Gasteiger partial charge >= 0.3 is 0 Å². The van der Waals surface area contributed by atoms with Crippen LogP contribution in [-0.2, 0) is 5.33 Å². The fourth-order valence-corrected chi connectivity index (χ4v) is 1.79. The third kappa shape index (κ3) is 2.07.